The van der Waals surface area contributed by atoms with Crippen LogP contribution >= 0.6 is 0 Å². The molecule has 1 N–H and O–H groups in total. The van der Waals surface area contributed by atoms with Crippen molar-refractivity contribution in [2.24, 2.45) is 5.92 Å². The standard InChI is InChI=1S/C11H12N2O5/c1-17-11(16)7-5-9(14)12-13(6-7)10(15)8-3-2-4-18-8/h2-4,7H,5-6H2,1H3,(H,12,14). The number of nitrogens with one attached hydrogen (secondary N) is 1. The number of methoxy groups -OCH3 is 1. The molecular formula is C11H12N2O5. The van der Waals surface area contributed by atoms with Gasteiger partial charge < -0.3 is 9.15 Å². The number of hydrogen-bond donors (Lipinski definition) is 1. The van der Waals surface area contributed by atoms with Crippen LogP contribution in [0.3, 0.4) is 0 Å². The number of rotatable bonds is 2. The van der Waals surface area contributed by atoms with Gasteiger partial charge in [-0.2, -0.15) is 0 Å². The average Bonchev–Trinajstić information content (AvgIpc) is 2.90. The first-order chi connectivity index (χ1) is 8.61. The van der Waals surface area contributed by atoms with Crippen LogP contribution in [0, 0.1) is 5.92 Å². The third-order valence-electron chi connectivity index (χ3n) is 2.61. The van der Waals surface area contributed by atoms with Gasteiger partial charge in [-0.3, -0.25) is 19.8 Å². The van der Waals surface area contributed by atoms with Crippen molar-refractivity contribution >= 4 is 17.8 Å². The summed E-state index contributed by atoms with van der Waals surface area (Å²) >= 11 is 0. The second kappa shape index (κ2) is 4.91. The molecule has 0 aromatic carbocycles. The van der Waals surface area contributed by atoms with Crippen molar-refractivity contribution in [3.05, 3.63) is 24.2 Å². The zero-order chi connectivity index (χ0) is 13.1. The smallest absolute Gasteiger partial charge is 0.311 e. The van der Waals surface area contributed by atoms with E-state index in [9.17, 15) is 14.4 Å². The van der Waals surface area contributed by atoms with E-state index in [0.29, 0.717) is 0 Å². The Labute approximate surface area is 103 Å². The van der Waals surface area contributed by atoms with Crippen LogP contribution in [-0.4, -0.2) is 36.4 Å². The number of amides is 2. The molecular weight excluding hydrogens is 240 g/mol. The van der Waals surface area contributed by atoms with Crippen molar-refractivity contribution in [1.29, 1.82) is 0 Å². The fourth-order valence-corrected chi connectivity index (χ4v) is 1.74. The van der Waals surface area contributed by atoms with Gasteiger partial charge in [-0.05, 0) is 12.1 Å². The Hall–Kier alpha value is -2.31. The molecule has 0 aliphatic carbocycles. The van der Waals surface area contributed by atoms with E-state index in [4.69, 9.17) is 4.42 Å². The minimum Gasteiger partial charge on any atom is -0.469 e. The summed E-state index contributed by atoms with van der Waals surface area (Å²) in [6, 6.07) is 3.05. The molecule has 0 radical (unpaired) electrons. The summed E-state index contributed by atoms with van der Waals surface area (Å²) < 4.78 is 9.52. The van der Waals surface area contributed by atoms with Crippen molar-refractivity contribution in [2.45, 2.75) is 6.42 Å². The molecule has 0 spiro atoms. The number of nitrogens with zero attached hydrogens (tertiary/aromatic N) is 1. The summed E-state index contributed by atoms with van der Waals surface area (Å²) in [5, 5.41) is 1.06. The van der Waals surface area contributed by atoms with Crippen LogP contribution in [0.5, 0.6) is 0 Å². The molecule has 0 saturated carbocycles. The summed E-state index contributed by atoms with van der Waals surface area (Å²) in [6.07, 6.45) is 1.37. The van der Waals surface area contributed by atoms with E-state index in [2.05, 4.69) is 10.2 Å². The Morgan fingerprint density at radius 3 is 2.94 bits per heavy atom. The second-order valence-corrected chi connectivity index (χ2v) is 3.85. The van der Waals surface area contributed by atoms with Gasteiger partial charge >= 0.3 is 11.9 Å². The van der Waals surface area contributed by atoms with Crippen molar-refractivity contribution in [2.75, 3.05) is 13.7 Å². The third-order valence-corrected chi connectivity index (χ3v) is 2.61. The Morgan fingerprint density at radius 1 is 1.56 bits per heavy atom. The number of esters is 1. The third kappa shape index (κ3) is 2.34. The molecule has 7 heteroatoms. The molecule has 18 heavy (non-hydrogen) atoms. The number of carbonyl (C=O) groups is 3. The zero-order valence-electron chi connectivity index (χ0n) is 9.71. The molecule has 1 unspecified atom stereocenters. The van der Waals surface area contributed by atoms with Crippen LogP contribution in [0.4, 0.5) is 0 Å². The maximum atomic E-state index is 11.9. The molecule has 1 saturated heterocycles. The summed E-state index contributed by atoms with van der Waals surface area (Å²) in [5.74, 6) is -1.97. The van der Waals surface area contributed by atoms with E-state index >= 15 is 0 Å². The molecule has 2 rings (SSSR count). The van der Waals surface area contributed by atoms with E-state index < -0.39 is 23.7 Å². The molecule has 1 aromatic rings. The molecule has 1 aliphatic rings. The quantitative estimate of drug-likeness (QED) is 0.745. The van der Waals surface area contributed by atoms with E-state index in [1.54, 1.807) is 6.07 Å². The predicted molar refractivity (Wildman–Crippen MR) is 58.0 cm³/mol. The lowest BCUT2D eigenvalue weighted by molar-refractivity contribution is -0.151. The van der Waals surface area contributed by atoms with Crippen LogP contribution in [0.25, 0.3) is 0 Å². The molecule has 1 aliphatic heterocycles. The lowest BCUT2D eigenvalue weighted by Crippen LogP contribution is -2.54. The van der Waals surface area contributed by atoms with E-state index in [1.165, 1.54) is 19.4 Å². The van der Waals surface area contributed by atoms with Crippen LogP contribution in [-0.2, 0) is 14.3 Å². The van der Waals surface area contributed by atoms with Gasteiger partial charge in [-0.1, -0.05) is 0 Å². The van der Waals surface area contributed by atoms with Crippen molar-refractivity contribution < 1.29 is 23.5 Å². The minimum atomic E-state index is -0.650. The van der Waals surface area contributed by atoms with E-state index in [-0.39, 0.29) is 18.7 Å². The van der Waals surface area contributed by atoms with Crippen LogP contribution in [0.1, 0.15) is 17.0 Å². The number of furan rings is 1. The highest BCUT2D eigenvalue weighted by molar-refractivity contribution is 5.94. The van der Waals surface area contributed by atoms with Crippen LogP contribution < -0.4 is 5.43 Å². The summed E-state index contributed by atoms with van der Waals surface area (Å²) in [5.41, 5.74) is 2.39. The Bertz CT molecular complexity index is 468. The first-order valence-corrected chi connectivity index (χ1v) is 5.34. The highest BCUT2D eigenvalue weighted by atomic mass is 16.5. The topological polar surface area (TPSA) is 88.9 Å². The number of hydrogen-bond acceptors (Lipinski definition) is 5. The SMILES string of the molecule is COC(=O)C1CC(=O)NN(C(=O)c2ccco2)C1. The van der Waals surface area contributed by atoms with Gasteiger partial charge in [-0.25, -0.2) is 5.01 Å². The monoisotopic (exact) mass is 252 g/mol. The number of hydrazine groups is 1. The fraction of sp³-hybridized carbons (Fsp3) is 0.364. The predicted octanol–water partition coefficient (Wildman–Crippen LogP) is -0.0541. The van der Waals surface area contributed by atoms with Crippen molar-refractivity contribution in [3.63, 3.8) is 0 Å². The maximum Gasteiger partial charge on any atom is 0.311 e. The maximum absolute atomic E-state index is 11.9. The molecule has 1 aromatic heterocycles. The van der Waals surface area contributed by atoms with E-state index in [1.807, 2.05) is 0 Å². The number of carbonyl (C=O) groups excluding carboxylic acids is 3. The molecule has 0 bridgehead atoms. The average molecular weight is 252 g/mol. The van der Waals surface area contributed by atoms with Gasteiger partial charge in [0.05, 0.1) is 25.8 Å². The van der Waals surface area contributed by atoms with Gasteiger partial charge in [0.2, 0.25) is 5.91 Å². The fourth-order valence-electron chi connectivity index (χ4n) is 1.74. The second-order valence-electron chi connectivity index (χ2n) is 3.85. The van der Waals surface area contributed by atoms with Crippen molar-refractivity contribution in [1.82, 2.24) is 10.4 Å². The van der Waals surface area contributed by atoms with Gasteiger partial charge in [0.15, 0.2) is 5.76 Å². The molecule has 1 fully saturated rings. The summed E-state index contributed by atoms with van der Waals surface area (Å²) in [4.78, 5) is 34.8. The van der Waals surface area contributed by atoms with E-state index in [0.717, 1.165) is 5.01 Å². The Morgan fingerprint density at radius 2 is 2.33 bits per heavy atom. The highest BCUT2D eigenvalue weighted by Crippen LogP contribution is 2.15. The van der Waals surface area contributed by atoms with Gasteiger partial charge in [0.1, 0.15) is 0 Å². The molecule has 2 amide bonds. The first kappa shape index (κ1) is 12.2. The Balaban J connectivity index is 2.11. The highest BCUT2D eigenvalue weighted by Gasteiger charge is 2.34. The minimum absolute atomic E-state index is 0.00854. The normalized spacial score (nSPS) is 19.3. The summed E-state index contributed by atoms with van der Waals surface area (Å²) in [7, 11) is 1.24. The first-order valence-electron chi connectivity index (χ1n) is 5.34. The van der Waals surface area contributed by atoms with Gasteiger partial charge in [0.25, 0.3) is 0 Å². The molecule has 1 atom stereocenters. The lowest BCUT2D eigenvalue weighted by atomic mass is 10.0. The zero-order valence-corrected chi connectivity index (χ0v) is 9.71. The lowest BCUT2D eigenvalue weighted by Gasteiger charge is -2.30. The molecule has 7 nitrogen and oxygen atoms in total. The van der Waals surface area contributed by atoms with Gasteiger partial charge in [0, 0.05) is 6.42 Å². The van der Waals surface area contributed by atoms with Crippen LogP contribution in [0.15, 0.2) is 22.8 Å². The Kier molecular flexibility index (Phi) is 3.31. The van der Waals surface area contributed by atoms with Crippen molar-refractivity contribution in [3.8, 4) is 0 Å². The molecule has 96 valence electrons. The van der Waals surface area contributed by atoms with Crippen LogP contribution in [0.2, 0.25) is 0 Å². The number of ether oxygens (including phenoxy) is 1. The molecule has 2 heterocycles. The van der Waals surface area contributed by atoms with Gasteiger partial charge in [-0.15, -0.1) is 0 Å². The summed E-state index contributed by atoms with van der Waals surface area (Å²) in [6.45, 7) is 0.0674. The largest absolute Gasteiger partial charge is 0.469 e.